The fourth-order valence-electron chi connectivity index (χ4n) is 0.374. The number of hydrogen-bond acceptors (Lipinski definition) is 4. The molecule has 0 bridgehead atoms. The van der Waals surface area contributed by atoms with Crippen molar-refractivity contribution in [1.29, 1.82) is 5.26 Å². The number of amidine groups is 1. The van der Waals surface area contributed by atoms with Crippen LogP contribution >= 0.6 is 15.9 Å². The lowest BCUT2D eigenvalue weighted by atomic mass is 10.9. The Hall–Kier alpha value is -0.760. The van der Waals surface area contributed by atoms with Crippen LogP contribution in [0.15, 0.2) is 5.10 Å². The van der Waals surface area contributed by atoms with Crippen molar-refractivity contribution in [1.82, 2.24) is 10.3 Å². The van der Waals surface area contributed by atoms with E-state index in [0.717, 1.165) is 0 Å². The second kappa shape index (κ2) is 2.01. The number of nitrogens with one attached hydrogen (secondary N) is 1. The van der Waals surface area contributed by atoms with Crippen molar-refractivity contribution in [3.63, 3.8) is 0 Å². The van der Waals surface area contributed by atoms with E-state index >= 15 is 0 Å². The molecule has 8 heavy (non-hydrogen) atoms. The van der Waals surface area contributed by atoms with Crippen LogP contribution in [-0.4, -0.2) is 16.3 Å². The molecular formula is C3H3BrN4. The van der Waals surface area contributed by atoms with Crippen LogP contribution in [0.5, 0.6) is 0 Å². The van der Waals surface area contributed by atoms with E-state index in [9.17, 15) is 0 Å². The summed E-state index contributed by atoms with van der Waals surface area (Å²) in [5, 5.41) is 11.9. The molecule has 0 saturated heterocycles. The highest BCUT2D eigenvalue weighted by Crippen LogP contribution is 2.00. The average Bonchev–Trinajstić information content (AvgIpc) is 2.14. The first-order valence-corrected chi connectivity index (χ1v) is 2.77. The highest BCUT2D eigenvalue weighted by molar-refractivity contribution is 9.18. The van der Waals surface area contributed by atoms with Gasteiger partial charge in [-0.1, -0.05) is 0 Å². The predicted molar refractivity (Wildman–Crippen MR) is 31.8 cm³/mol. The van der Waals surface area contributed by atoms with Gasteiger partial charge >= 0.3 is 0 Å². The summed E-state index contributed by atoms with van der Waals surface area (Å²) in [6.45, 7) is 0.469. The minimum Gasteiger partial charge on any atom is -0.287 e. The third-order valence-corrected chi connectivity index (χ3v) is 1.35. The van der Waals surface area contributed by atoms with Gasteiger partial charge in [-0.3, -0.25) is 5.43 Å². The Balaban J connectivity index is 2.63. The zero-order chi connectivity index (χ0) is 5.98. The number of nitriles is 1. The molecule has 0 spiro atoms. The molecule has 0 amide bonds. The number of nitrogens with zero attached hydrogens (tertiary/aromatic N) is 3. The van der Waals surface area contributed by atoms with Crippen LogP contribution in [0.4, 0.5) is 0 Å². The molecule has 1 aliphatic heterocycles. The largest absolute Gasteiger partial charge is 0.287 e. The van der Waals surface area contributed by atoms with Crippen molar-refractivity contribution < 1.29 is 0 Å². The monoisotopic (exact) mass is 174 g/mol. The lowest BCUT2D eigenvalue weighted by Crippen LogP contribution is -2.20. The Morgan fingerprint density at radius 1 is 2.00 bits per heavy atom. The highest BCUT2D eigenvalue weighted by atomic mass is 79.9. The van der Waals surface area contributed by atoms with Gasteiger partial charge in [0.15, 0.2) is 6.19 Å². The van der Waals surface area contributed by atoms with E-state index < -0.39 is 0 Å². The van der Waals surface area contributed by atoms with Crippen LogP contribution < -0.4 is 5.43 Å². The van der Waals surface area contributed by atoms with Gasteiger partial charge in [0.05, 0.1) is 0 Å². The minimum atomic E-state index is 0.469. The molecule has 0 aromatic heterocycles. The molecule has 0 aliphatic carbocycles. The van der Waals surface area contributed by atoms with Crippen molar-refractivity contribution in [3.05, 3.63) is 0 Å². The lowest BCUT2D eigenvalue weighted by Gasteiger charge is -1.99. The molecule has 0 fully saturated rings. The van der Waals surface area contributed by atoms with Gasteiger partial charge in [0.2, 0.25) is 4.74 Å². The van der Waals surface area contributed by atoms with Crippen LogP contribution in [-0.2, 0) is 0 Å². The number of halogens is 1. The fourth-order valence-corrected chi connectivity index (χ4v) is 0.704. The number of rotatable bonds is 0. The fraction of sp³-hybridized carbons (Fsp3) is 0.333. The van der Waals surface area contributed by atoms with Crippen LogP contribution in [0, 0.1) is 11.5 Å². The van der Waals surface area contributed by atoms with Crippen LogP contribution in [0.25, 0.3) is 0 Å². The van der Waals surface area contributed by atoms with Gasteiger partial charge in [-0.15, -0.1) is 0 Å². The first-order chi connectivity index (χ1) is 3.84. The summed E-state index contributed by atoms with van der Waals surface area (Å²) in [4.78, 5) is 1.39. The van der Waals surface area contributed by atoms with E-state index in [2.05, 4.69) is 26.5 Å². The zero-order valence-corrected chi connectivity index (χ0v) is 5.51. The third-order valence-electron chi connectivity index (χ3n) is 0.744. The van der Waals surface area contributed by atoms with E-state index in [4.69, 9.17) is 5.26 Å². The number of hydrogen-bond donors (Lipinski definition) is 1. The first-order valence-electron chi connectivity index (χ1n) is 1.98. The molecule has 1 N–H and O–H groups in total. The quantitative estimate of drug-likeness (QED) is 0.416. The van der Waals surface area contributed by atoms with Gasteiger partial charge in [-0.25, -0.2) is 4.90 Å². The highest BCUT2D eigenvalue weighted by Gasteiger charge is 2.11. The molecule has 5 heteroatoms. The maximum atomic E-state index is 8.26. The minimum absolute atomic E-state index is 0.469. The van der Waals surface area contributed by atoms with Gasteiger partial charge in [0.25, 0.3) is 0 Å². The van der Waals surface area contributed by atoms with Crippen molar-refractivity contribution in [2.45, 2.75) is 0 Å². The van der Waals surface area contributed by atoms with Gasteiger partial charge in [-0.2, -0.15) is 10.4 Å². The summed E-state index contributed by atoms with van der Waals surface area (Å²) >= 11 is 3.06. The third kappa shape index (κ3) is 0.746. The van der Waals surface area contributed by atoms with Crippen molar-refractivity contribution in [2.24, 2.45) is 5.10 Å². The maximum absolute atomic E-state index is 8.26. The molecule has 42 valence electrons. The summed E-state index contributed by atoms with van der Waals surface area (Å²) in [7, 11) is 0. The summed E-state index contributed by atoms with van der Waals surface area (Å²) < 4.78 is 0.542. The molecule has 0 unspecified atom stereocenters. The summed E-state index contributed by atoms with van der Waals surface area (Å²) in [6.07, 6.45) is 1.91. The average molecular weight is 175 g/mol. The predicted octanol–water partition coefficient (Wildman–Crippen LogP) is -0.00392. The van der Waals surface area contributed by atoms with Gasteiger partial charge in [0, 0.05) is 0 Å². The Bertz CT molecular complexity index is 157. The van der Waals surface area contributed by atoms with Crippen molar-refractivity contribution >= 4 is 20.7 Å². The van der Waals surface area contributed by atoms with Gasteiger partial charge < -0.3 is 0 Å². The normalized spacial score (nSPS) is 17.0. The molecular weight excluding hydrogens is 172 g/mol. The van der Waals surface area contributed by atoms with Crippen molar-refractivity contribution in [2.75, 3.05) is 6.67 Å². The lowest BCUT2D eigenvalue weighted by molar-refractivity contribution is 0.572. The molecule has 0 aromatic rings. The summed E-state index contributed by atoms with van der Waals surface area (Å²) in [5.41, 5.74) is 2.62. The van der Waals surface area contributed by atoms with Crippen LogP contribution in [0.2, 0.25) is 0 Å². The standard InChI is InChI=1S/C3H3BrN4/c4-3-7-6-2-8(3)1-5/h6H,2H2. The SMILES string of the molecule is N#CN1CNN=C1Br. The molecule has 0 atom stereocenters. The second-order valence-corrected chi connectivity index (χ2v) is 1.93. The second-order valence-electron chi connectivity index (χ2n) is 1.23. The molecule has 1 aliphatic rings. The number of hydrazone groups is 1. The Kier molecular flexibility index (Phi) is 1.35. The summed E-state index contributed by atoms with van der Waals surface area (Å²) in [6, 6.07) is 0. The molecule has 0 radical (unpaired) electrons. The smallest absolute Gasteiger partial charge is 0.206 e. The van der Waals surface area contributed by atoms with Crippen LogP contribution in [0.3, 0.4) is 0 Å². The van der Waals surface area contributed by atoms with Crippen LogP contribution in [0.1, 0.15) is 0 Å². The molecule has 1 rings (SSSR count). The van der Waals surface area contributed by atoms with E-state index in [-0.39, 0.29) is 0 Å². The molecule has 4 nitrogen and oxygen atoms in total. The Morgan fingerprint density at radius 3 is 3.00 bits per heavy atom. The Labute approximate surface area is 54.9 Å². The molecule has 0 saturated carbocycles. The summed E-state index contributed by atoms with van der Waals surface area (Å²) in [5.74, 6) is 0. The van der Waals surface area contributed by atoms with Gasteiger partial charge in [-0.05, 0) is 15.9 Å². The maximum Gasteiger partial charge on any atom is 0.206 e. The Morgan fingerprint density at radius 2 is 2.75 bits per heavy atom. The van der Waals surface area contributed by atoms with E-state index in [1.54, 1.807) is 0 Å². The topological polar surface area (TPSA) is 51.4 Å². The molecule has 1 heterocycles. The first kappa shape index (κ1) is 5.38. The van der Waals surface area contributed by atoms with E-state index in [0.29, 0.717) is 11.4 Å². The van der Waals surface area contributed by atoms with Gasteiger partial charge in [0.1, 0.15) is 6.67 Å². The van der Waals surface area contributed by atoms with E-state index in [1.807, 2.05) is 6.19 Å². The zero-order valence-electron chi connectivity index (χ0n) is 3.93. The van der Waals surface area contributed by atoms with E-state index in [1.165, 1.54) is 4.90 Å². The van der Waals surface area contributed by atoms with Crippen molar-refractivity contribution in [3.8, 4) is 6.19 Å². The molecule has 0 aromatic carbocycles.